The fourth-order valence-electron chi connectivity index (χ4n) is 3.45. The summed E-state index contributed by atoms with van der Waals surface area (Å²) in [6.07, 6.45) is 0. The van der Waals surface area contributed by atoms with Crippen molar-refractivity contribution >= 4 is 38.0 Å². The fourth-order valence-corrected chi connectivity index (χ4v) is 3.81. The van der Waals surface area contributed by atoms with Crippen LogP contribution in [0.1, 0.15) is 19.7 Å². The number of rotatable bonds is 5. The fraction of sp³-hybridized carbons (Fsp3) is 0.474. The number of furan rings is 1. The van der Waals surface area contributed by atoms with Gasteiger partial charge in [-0.1, -0.05) is 15.9 Å². The zero-order valence-corrected chi connectivity index (χ0v) is 17.1. The van der Waals surface area contributed by atoms with Gasteiger partial charge in [-0.25, -0.2) is 4.98 Å². The number of nitrogens with zero attached hydrogens (tertiary/aromatic N) is 2. The summed E-state index contributed by atoms with van der Waals surface area (Å²) >= 11 is 3.46. The van der Waals surface area contributed by atoms with Gasteiger partial charge in [-0.15, -0.1) is 0 Å². The van der Waals surface area contributed by atoms with Gasteiger partial charge < -0.3 is 19.5 Å². The standard InChI is InChI=1S/C19H23BrN4O3/c1-19(2,11-24-5-7-26-8-6-24)21-10-15-22-16-13-9-12(20)3-4-14(13)27-17(16)18(25)23-15/h3-4,9,21H,5-8,10-11H2,1-2H3,(H,22,23,25). The first kappa shape index (κ1) is 18.6. The minimum atomic E-state index is -0.255. The van der Waals surface area contributed by atoms with Crippen molar-refractivity contribution in [3.63, 3.8) is 0 Å². The Hall–Kier alpha value is -1.74. The van der Waals surface area contributed by atoms with E-state index in [0.717, 1.165) is 42.7 Å². The topological polar surface area (TPSA) is 83.4 Å². The van der Waals surface area contributed by atoms with Gasteiger partial charge in [0.25, 0.3) is 5.56 Å². The van der Waals surface area contributed by atoms with Crippen LogP contribution in [0.4, 0.5) is 0 Å². The highest BCUT2D eigenvalue weighted by Crippen LogP contribution is 2.27. The molecule has 0 saturated carbocycles. The van der Waals surface area contributed by atoms with Crippen molar-refractivity contribution in [2.75, 3.05) is 32.8 Å². The Morgan fingerprint density at radius 1 is 1.33 bits per heavy atom. The number of morpholine rings is 1. The number of halogens is 1. The molecule has 1 aliphatic heterocycles. The van der Waals surface area contributed by atoms with Gasteiger partial charge in [0, 0.05) is 35.0 Å². The number of ether oxygens (including phenoxy) is 1. The van der Waals surface area contributed by atoms with E-state index in [0.29, 0.717) is 23.5 Å². The van der Waals surface area contributed by atoms with Crippen LogP contribution < -0.4 is 10.9 Å². The molecule has 0 spiro atoms. The molecule has 2 N–H and O–H groups in total. The molecule has 144 valence electrons. The number of hydrogen-bond acceptors (Lipinski definition) is 6. The molecule has 0 radical (unpaired) electrons. The molecule has 0 amide bonds. The Kier molecular flexibility index (Phi) is 5.07. The monoisotopic (exact) mass is 434 g/mol. The number of H-pyrrole nitrogens is 1. The molecule has 3 heterocycles. The Morgan fingerprint density at radius 3 is 2.89 bits per heavy atom. The van der Waals surface area contributed by atoms with Crippen molar-refractivity contribution in [2.45, 2.75) is 25.9 Å². The minimum Gasteiger partial charge on any atom is -0.449 e. The zero-order chi connectivity index (χ0) is 19.0. The third-order valence-electron chi connectivity index (χ3n) is 4.79. The van der Waals surface area contributed by atoms with Crippen molar-refractivity contribution < 1.29 is 9.15 Å². The molecule has 1 aliphatic rings. The summed E-state index contributed by atoms with van der Waals surface area (Å²) in [7, 11) is 0. The van der Waals surface area contributed by atoms with E-state index in [9.17, 15) is 4.79 Å². The van der Waals surface area contributed by atoms with E-state index in [1.807, 2.05) is 18.2 Å². The van der Waals surface area contributed by atoms with Crippen LogP contribution in [-0.2, 0) is 11.3 Å². The van der Waals surface area contributed by atoms with Crippen LogP contribution in [0, 0.1) is 0 Å². The first-order valence-corrected chi connectivity index (χ1v) is 9.87. The summed E-state index contributed by atoms with van der Waals surface area (Å²) in [6.45, 7) is 9.15. The molecule has 0 aliphatic carbocycles. The number of nitrogens with one attached hydrogen (secondary N) is 2. The van der Waals surface area contributed by atoms with Crippen LogP contribution in [0.3, 0.4) is 0 Å². The molecule has 0 atom stereocenters. The Labute approximate surface area is 165 Å². The third kappa shape index (κ3) is 4.08. The van der Waals surface area contributed by atoms with Crippen molar-refractivity contribution in [3.8, 4) is 0 Å². The lowest BCUT2D eigenvalue weighted by molar-refractivity contribution is 0.0268. The lowest BCUT2D eigenvalue weighted by Gasteiger charge is -2.35. The Bertz CT molecular complexity index is 1020. The maximum atomic E-state index is 12.4. The van der Waals surface area contributed by atoms with Crippen molar-refractivity contribution in [3.05, 3.63) is 38.9 Å². The highest BCUT2D eigenvalue weighted by atomic mass is 79.9. The summed E-state index contributed by atoms with van der Waals surface area (Å²) in [5.74, 6) is 0.602. The number of aromatic amines is 1. The van der Waals surface area contributed by atoms with E-state index in [-0.39, 0.29) is 16.7 Å². The first-order valence-electron chi connectivity index (χ1n) is 9.07. The summed E-state index contributed by atoms with van der Waals surface area (Å²) in [5, 5.41) is 4.34. The van der Waals surface area contributed by atoms with Crippen LogP contribution in [-0.4, -0.2) is 53.3 Å². The van der Waals surface area contributed by atoms with Gasteiger partial charge in [0.1, 0.15) is 16.9 Å². The maximum absolute atomic E-state index is 12.4. The van der Waals surface area contributed by atoms with E-state index in [1.165, 1.54) is 0 Å². The molecule has 1 aromatic carbocycles. The summed E-state index contributed by atoms with van der Waals surface area (Å²) in [5.41, 5.74) is 1.14. The van der Waals surface area contributed by atoms with Gasteiger partial charge in [0.2, 0.25) is 5.58 Å². The zero-order valence-electron chi connectivity index (χ0n) is 15.5. The van der Waals surface area contributed by atoms with Crippen LogP contribution >= 0.6 is 15.9 Å². The van der Waals surface area contributed by atoms with Gasteiger partial charge in [0.05, 0.1) is 19.8 Å². The van der Waals surface area contributed by atoms with E-state index in [4.69, 9.17) is 9.15 Å². The van der Waals surface area contributed by atoms with Gasteiger partial charge in [-0.05, 0) is 32.0 Å². The highest BCUT2D eigenvalue weighted by Gasteiger charge is 2.23. The van der Waals surface area contributed by atoms with Crippen molar-refractivity contribution in [2.24, 2.45) is 0 Å². The van der Waals surface area contributed by atoms with E-state index >= 15 is 0 Å². The summed E-state index contributed by atoms with van der Waals surface area (Å²) in [4.78, 5) is 22.3. The van der Waals surface area contributed by atoms with Gasteiger partial charge in [-0.2, -0.15) is 0 Å². The second kappa shape index (κ2) is 7.35. The molecule has 0 unspecified atom stereocenters. The summed E-state index contributed by atoms with van der Waals surface area (Å²) < 4.78 is 12.0. The Balaban J connectivity index is 1.55. The number of fused-ring (bicyclic) bond motifs is 3. The average molecular weight is 435 g/mol. The lowest BCUT2D eigenvalue weighted by Crippen LogP contribution is -2.51. The normalized spacial score (nSPS) is 16.4. The molecule has 8 heteroatoms. The Morgan fingerprint density at radius 2 is 2.11 bits per heavy atom. The average Bonchev–Trinajstić information content (AvgIpc) is 2.99. The van der Waals surface area contributed by atoms with Gasteiger partial charge in [0.15, 0.2) is 0 Å². The van der Waals surface area contributed by atoms with Crippen LogP contribution in [0.5, 0.6) is 0 Å². The molecule has 4 rings (SSSR count). The van der Waals surface area contributed by atoms with Crippen LogP contribution in [0.25, 0.3) is 22.1 Å². The second-order valence-electron chi connectivity index (χ2n) is 7.56. The molecular weight excluding hydrogens is 412 g/mol. The lowest BCUT2D eigenvalue weighted by atomic mass is 10.0. The number of hydrogen-bond donors (Lipinski definition) is 2. The molecule has 1 fully saturated rings. The quantitative estimate of drug-likeness (QED) is 0.641. The molecule has 27 heavy (non-hydrogen) atoms. The smallest absolute Gasteiger partial charge is 0.294 e. The van der Waals surface area contributed by atoms with Crippen LogP contribution in [0.2, 0.25) is 0 Å². The van der Waals surface area contributed by atoms with Crippen LogP contribution in [0.15, 0.2) is 31.9 Å². The first-order chi connectivity index (χ1) is 12.9. The molecule has 3 aromatic rings. The van der Waals surface area contributed by atoms with E-state index < -0.39 is 0 Å². The van der Waals surface area contributed by atoms with E-state index in [2.05, 4.69) is 50.0 Å². The van der Waals surface area contributed by atoms with Crippen molar-refractivity contribution in [1.82, 2.24) is 20.2 Å². The third-order valence-corrected chi connectivity index (χ3v) is 5.28. The van der Waals surface area contributed by atoms with E-state index in [1.54, 1.807) is 0 Å². The predicted molar refractivity (Wildman–Crippen MR) is 108 cm³/mol. The van der Waals surface area contributed by atoms with Crippen molar-refractivity contribution in [1.29, 1.82) is 0 Å². The number of aromatic nitrogens is 2. The van der Waals surface area contributed by atoms with Gasteiger partial charge in [-0.3, -0.25) is 9.69 Å². The number of benzene rings is 1. The molecule has 2 aromatic heterocycles. The largest absolute Gasteiger partial charge is 0.449 e. The van der Waals surface area contributed by atoms with Gasteiger partial charge >= 0.3 is 0 Å². The predicted octanol–water partition coefficient (Wildman–Crippen LogP) is 2.63. The second-order valence-corrected chi connectivity index (χ2v) is 8.47. The highest BCUT2D eigenvalue weighted by molar-refractivity contribution is 9.10. The minimum absolute atomic E-state index is 0.119. The molecule has 7 nitrogen and oxygen atoms in total. The maximum Gasteiger partial charge on any atom is 0.294 e. The molecular formula is C19H23BrN4O3. The summed E-state index contributed by atoms with van der Waals surface area (Å²) in [6, 6.07) is 5.65. The molecule has 0 bridgehead atoms. The molecule has 1 saturated heterocycles. The SMILES string of the molecule is CC(C)(CN1CCOCC1)NCc1nc2c(oc3ccc(Br)cc32)c(=O)[nH]1.